The molecule has 14 heavy (non-hydrogen) atoms. The van der Waals surface area contributed by atoms with Crippen LogP contribution in [0.25, 0.3) is 0 Å². The lowest BCUT2D eigenvalue weighted by atomic mass is 10.1. The number of hydrazine groups is 1. The van der Waals surface area contributed by atoms with Gasteiger partial charge in [0, 0.05) is 5.33 Å². The topological polar surface area (TPSA) is 64.3 Å². The van der Waals surface area contributed by atoms with Crippen molar-refractivity contribution in [1.82, 2.24) is 0 Å². The molecule has 76 valence electrons. The van der Waals surface area contributed by atoms with Gasteiger partial charge in [0.05, 0.1) is 18.4 Å². The molecule has 0 aliphatic carbocycles. The number of rotatable bonds is 3. The number of nitrogens with two attached hydrogens (primary N) is 1. The Balaban J connectivity index is 3.25. The van der Waals surface area contributed by atoms with Gasteiger partial charge in [-0.05, 0) is 11.6 Å². The van der Waals surface area contributed by atoms with Crippen LogP contribution in [-0.2, 0) is 10.1 Å². The van der Waals surface area contributed by atoms with Gasteiger partial charge in [0.1, 0.15) is 0 Å². The van der Waals surface area contributed by atoms with E-state index in [-0.39, 0.29) is 0 Å². The van der Waals surface area contributed by atoms with Crippen molar-refractivity contribution in [2.45, 2.75) is 5.33 Å². The van der Waals surface area contributed by atoms with Crippen LogP contribution < -0.4 is 11.3 Å². The van der Waals surface area contributed by atoms with E-state index in [9.17, 15) is 4.79 Å². The molecule has 0 fully saturated rings. The van der Waals surface area contributed by atoms with E-state index < -0.39 is 5.97 Å². The van der Waals surface area contributed by atoms with Gasteiger partial charge in [0.15, 0.2) is 0 Å². The van der Waals surface area contributed by atoms with E-state index in [0.29, 0.717) is 16.6 Å². The third-order valence-corrected chi connectivity index (χ3v) is 2.44. The summed E-state index contributed by atoms with van der Waals surface area (Å²) in [7, 11) is 1.34. The fraction of sp³-hybridized carbons (Fsp3) is 0.222. The van der Waals surface area contributed by atoms with Crippen molar-refractivity contribution in [3.63, 3.8) is 0 Å². The second-order valence-electron chi connectivity index (χ2n) is 2.61. The Labute approximate surface area is 90.5 Å². The van der Waals surface area contributed by atoms with Crippen molar-refractivity contribution in [3.8, 4) is 0 Å². The number of carbonyl (C=O) groups is 1. The maximum absolute atomic E-state index is 11.4. The minimum Gasteiger partial charge on any atom is -0.465 e. The quantitative estimate of drug-likeness (QED) is 0.375. The smallest absolute Gasteiger partial charge is 0.340 e. The first kappa shape index (κ1) is 11.0. The molecule has 0 amide bonds. The summed E-state index contributed by atoms with van der Waals surface area (Å²) in [5.41, 5.74) is 4.33. The van der Waals surface area contributed by atoms with Crippen LogP contribution in [0.15, 0.2) is 18.2 Å². The van der Waals surface area contributed by atoms with Gasteiger partial charge < -0.3 is 10.2 Å². The molecule has 0 bridgehead atoms. The standard InChI is InChI=1S/C9H11BrN2O2/c1-14-9(13)8-6(5-10)3-2-4-7(8)12-11/h2-4,12H,5,11H2,1H3. The molecule has 1 aromatic carbocycles. The highest BCUT2D eigenvalue weighted by atomic mass is 79.9. The summed E-state index contributed by atoms with van der Waals surface area (Å²) in [6.07, 6.45) is 0. The molecule has 0 unspecified atom stereocenters. The molecule has 0 spiro atoms. The van der Waals surface area contributed by atoms with E-state index in [2.05, 4.69) is 26.1 Å². The largest absolute Gasteiger partial charge is 0.465 e. The number of hydrogen-bond acceptors (Lipinski definition) is 4. The Morgan fingerprint density at radius 1 is 1.64 bits per heavy atom. The van der Waals surface area contributed by atoms with Crippen molar-refractivity contribution < 1.29 is 9.53 Å². The predicted octanol–water partition coefficient (Wildman–Crippen LogP) is 1.65. The van der Waals surface area contributed by atoms with Gasteiger partial charge in [0.25, 0.3) is 0 Å². The second-order valence-corrected chi connectivity index (χ2v) is 3.17. The van der Waals surface area contributed by atoms with Gasteiger partial charge in [0.2, 0.25) is 0 Å². The Kier molecular flexibility index (Phi) is 3.91. The first-order valence-corrected chi connectivity index (χ1v) is 5.09. The summed E-state index contributed by atoms with van der Waals surface area (Å²) in [6, 6.07) is 5.37. The first-order chi connectivity index (χ1) is 6.74. The summed E-state index contributed by atoms with van der Waals surface area (Å²) < 4.78 is 4.67. The van der Waals surface area contributed by atoms with Crippen LogP contribution in [0.2, 0.25) is 0 Å². The maximum atomic E-state index is 11.4. The van der Waals surface area contributed by atoms with Crippen molar-refractivity contribution in [1.29, 1.82) is 0 Å². The zero-order valence-electron chi connectivity index (χ0n) is 7.71. The van der Waals surface area contributed by atoms with Crippen LogP contribution in [-0.4, -0.2) is 13.1 Å². The normalized spacial score (nSPS) is 9.64. The van der Waals surface area contributed by atoms with Crippen LogP contribution >= 0.6 is 15.9 Å². The lowest BCUT2D eigenvalue weighted by Crippen LogP contribution is -2.14. The average molecular weight is 259 g/mol. The fourth-order valence-corrected chi connectivity index (χ4v) is 1.64. The molecule has 0 atom stereocenters. The number of carbonyl (C=O) groups excluding carboxylic acids is 1. The van der Waals surface area contributed by atoms with E-state index in [1.165, 1.54) is 7.11 Å². The molecule has 0 aromatic heterocycles. The third-order valence-electron chi connectivity index (χ3n) is 1.84. The monoisotopic (exact) mass is 258 g/mol. The molecule has 0 radical (unpaired) electrons. The fourth-order valence-electron chi connectivity index (χ4n) is 1.17. The Morgan fingerprint density at radius 2 is 2.36 bits per heavy atom. The number of hydrogen-bond donors (Lipinski definition) is 2. The number of esters is 1. The third kappa shape index (κ3) is 2.05. The number of alkyl halides is 1. The van der Waals surface area contributed by atoms with Crippen molar-refractivity contribution in [2.24, 2.45) is 5.84 Å². The Bertz CT molecular complexity index is 319. The Hall–Kier alpha value is -1.07. The number of nitrogens with one attached hydrogen (secondary N) is 1. The lowest BCUT2D eigenvalue weighted by Gasteiger charge is -2.10. The zero-order valence-corrected chi connectivity index (χ0v) is 9.30. The summed E-state index contributed by atoms with van der Waals surface area (Å²) in [6.45, 7) is 0. The molecule has 0 aliphatic heterocycles. The van der Waals surface area contributed by atoms with Crippen LogP contribution in [0.4, 0.5) is 5.69 Å². The number of methoxy groups -OCH3 is 1. The minimum absolute atomic E-state index is 0.395. The summed E-state index contributed by atoms with van der Waals surface area (Å²) in [4.78, 5) is 11.4. The van der Waals surface area contributed by atoms with Crippen LogP contribution in [0.1, 0.15) is 15.9 Å². The molecule has 0 heterocycles. The molecule has 1 aromatic rings. The molecule has 0 aliphatic rings. The molecular formula is C9H11BrN2O2. The van der Waals surface area contributed by atoms with Gasteiger partial charge in [-0.25, -0.2) is 4.79 Å². The molecule has 5 heteroatoms. The van der Waals surface area contributed by atoms with Gasteiger partial charge in [-0.15, -0.1) is 0 Å². The lowest BCUT2D eigenvalue weighted by molar-refractivity contribution is 0.0601. The predicted molar refractivity (Wildman–Crippen MR) is 58.2 cm³/mol. The van der Waals surface area contributed by atoms with E-state index in [4.69, 9.17) is 5.84 Å². The van der Waals surface area contributed by atoms with Gasteiger partial charge in [-0.3, -0.25) is 5.84 Å². The zero-order chi connectivity index (χ0) is 10.6. The summed E-state index contributed by atoms with van der Waals surface area (Å²) in [5, 5.41) is 0.576. The van der Waals surface area contributed by atoms with Gasteiger partial charge in [-0.1, -0.05) is 28.1 Å². The highest BCUT2D eigenvalue weighted by Crippen LogP contribution is 2.22. The van der Waals surface area contributed by atoms with E-state index in [1.807, 2.05) is 12.1 Å². The van der Waals surface area contributed by atoms with Crippen LogP contribution in [0, 0.1) is 0 Å². The molecule has 1 rings (SSSR count). The maximum Gasteiger partial charge on any atom is 0.340 e. The van der Waals surface area contributed by atoms with E-state index in [0.717, 1.165) is 5.56 Å². The van der Waals surface area contributed by atoms with Crippen molar-refractivity contribution >= 4 is 27.6 Å². The van der Waals surface area contributed by atoms with Crippen molar-refractivity contribution in [2.75, 3.05) is 12.5 Å². The highest BCUT2D eigenvalue weighted by molar-refractivity contribution is 9.08. The summed E-state index contributed by atoms with van der Waals surface area (Å²) >= 11 is 3.29. The molecule has 3 N–H and O–H groups in total. The van der Waals surface area contributed by atoms with Gasteiger partial charge >= 0.3 is 5.97 Å². The molecule has 0 saturated heterocycles. The first-order valence-electron chi connectivity index (χ1n) is 3.97. The van der Waals surface area contributed by atoms with Crippen LogP contribution in [0.3, 0.4) is 0 Å². The number of ether oxygens (including phenoxy) is 1. The number of benzene rings is 1. The molecule has 0 saturated carbocycles. The van der Waals surface area contributed by atoms with E-state index in [1.54, 1.807) is 6.07 Å². The Morgan fingerprint density at radius 3 is 2.86 bits per heavy atom. The van der Waals surface area contributed by atoms with Gasteiger partial charge in [-0.2, -0.15) is 0 Å². The number of anilines is 1. The number of nitrogen functional groups attached to an aromatic ring is 1. The molecule has 4 nitrogen and oxygen atoms in total. The average Bonchev–Trinajstić information content (AvgIpc) is 2.26. The summed E-state index contributed by atoms with van der Waals surface area (Å²) in [5.74, 6) is 4.90. The van der Waals surface area contributed by atoms with E-state index >= 15 is 0 Å². The molecular weight excluding hydrogens is 248 g/mol. The van der Waals surface area contributed by atoms with Crippen molar-refractivity contribution in [3.05, 3.63) is 29.3 Å². The highest BCUT2D eigenvalue weighted by Gasteiger charge is 2.15. The number of halogens is 1. The van der Waals surface area contributed by atoms with Crippen LogP contribution in [0.5, 0.6) is 0 Å². The SMILES string of the molecule is COC(=O)c1c(CBr)cccc1NN. The minimum atomic E-state index is -0.395. The second kappa shape index (κ2) is 4.97.